The Morgan fingerprint density at radius 1 is 1.27 bits per heavy atom. The number of thiocarbonyl (C=S) groups is 1. The van der Waals surface area contributed by atoms with Gasteiger partial charge in [-0.25, -0.2) is 0 Å². The fraction of sp³-hybridized carbons (Fsp3) is 0.588. The second-order valence-electron chi connectivity index (χ2n) is 6.40. The number of nitrogens with zero attached hydrogens (tertiary/aromatic N) is 1. The molecule has 0 radical (unpaired) electrons. The number of rotatable bonds is 5. The third kappa shape index (κ3) is 4.85. The Balaban J connectivity index is 1.83. The first-order valence-corrected chi connectivity index (χ1v) is 8.36. The van der Waals surface area contributed by atoms with Crippen LogP contribution in [-0.2, 0) is 0 Å². The van der Waals surface area contributed by atoms with Crippen molar-refractivity contribution in [3.05, 3.63) is 24.3 Å². The Labute approximate surface area is 139 Å². The minimum atomic E-state index is 0.112. The summed E-state index contributed by atoms with van der Waals surface area (Å²) in [6, 6.07) is 7.78. The van der Waals surface area contributed by atoms with E-state index in [1.807, 2.05) is 24.3 Å². The topological polar surface area (TPSA) is 36.5 Å². The highest BCUT2D eigenvalue weighted by Crippen LogP contribution is 2.20. The predicted octanol–water partition coefficient (Wildman–Crippen LogP) is 3.25. The maximum atomic E-state index is 5.40. The molecule has 122 valence electrons. The molecule has 0 bridgehead atoms. The summed E-state index contributed by atoms with van der Waals surface area (Å²) in [5.41, 5.74) is 1.05. The third-order valence-electron chi connectivity index (χ3n) is 4.22. The largest absolute Gasteiger partial charge is 0.497 e. The van der Waals surface area contributed by atoms with E-state index < -0.39 is 0 Å². The Morgan fingerprint density at radius 2 is 2.00 bits per heavy atom. The van der Waals surface area contributed by atoms with Crippen molar-refractivity contribution in [2.75, 3.05) is 32.1 Å². The van der Waals surface area contributed by atoms with Crippen LogP contribution in [0.4, 0.5) is 5.69 Å². The maximum Gasteiger partial charge on any atom is 0.170 e. The van der Waals surface area contributed by atoms with Crippen molar-refractivity contribution in [3.63, 3.8) is 0 Å². The quantitative estimate of drug-likeness (QED) is 0.814. The van der Waals surface area contributed by atoms with Gasteiger partial charge in [0.25, 0.3) is 0 Å². The first-order chi connectivity index (χ1) is 10.5. The van der Waals surface area contributed by atoms with E-state index in [1.54, 1.807) is 7.11 Å². The van der Waals surface area contributed by atoms with Crippen molar-refractivity contribution < 1.29 is 4.74 Å². The summed E-state index contributed by atoms with van der Waals surface area (Å²) in [7, 11) is 1.66. The zero-order chi connectivity index (χ0) is 16.0. The third-order valence-corrected chi connectivity index (χ3v) is 4.47. The molecule has 0 atom stereocenters. The molecule has 22 heavy (non-hydrogen) atoms. The van der Waals surface area contributed by atoms with Crippen molar-refractivity contribution in [1.29, 1.82) is 0 Å². The van der Waals surface area contributed by atoms with Gasteiger partial charge in [0, 0.05) is 23.8 Å². The normalized spacial score (nSPS) is 16.1. The Morgan fingerprint density at radius 3 is 2.68 bits per heavy atom. The lowest BCUT2D eigenvalue weighted by atomic mass is 9.98. The fourth-order valence-corrected chi connectivity index (χ4v) is 2.97. The van der Waals surface area contributed by atoms with Crippen LogP contribution in [0.25, 0.3) is 0 Å². The van der Waals surface area contributed by atoms with Gasteiger partial charge in [-0.15, -0.1) is 0 Å². The molecule has 1 heterocycles. The molecular weight excluding hydrogens is 294 g/mol. The van der Waals surface area contributed by atoms with E-state index >= 15 is 0 Å². The van der Waals surface area contributed by atoms with E-state index in [-0.39, 0.29) is 5.54 Å². The van der Waals surface area contributed by atoms with Gasteiger partial charge in [-0.2, -0.15) is 0 Å². The lowest BCUT2D eigenvalue weighted by Crippen LogP contribution is -2.53. The molecule has 1 aromatic rings. The summed E-state index contributed by atoms with van der Waals surface area (Å²) in [5.74, 6) is 0.821. The standard InChI is InChI=1S/C17H27N3OS/c1-17(2,20-10-5-4-6-11-20)13-18-16(22)19-14-8-7-9-15(12-14)21-3/h7-9,12H,4-6,10-11,13H2,1-3H3,(H2,18,19,22). The van der Waals surface area contributed by atoms with Gasteiger partial charge in [-0.3, -0.25) is 4.90 Å². The smallest absolute Gasteiger partial charge is 0.170 e. The summed E-state index contributed by atoms with van der Waals surface area (Å²) in [6.07, 6.45) is 3.96. The monoisotopic (exact) mass is 321 g/mol. The molecule has 4 nitrogen and oxygen atoms in total. The number of piperidine rings is 1. The van der Waals surface area contributed by atoms with E-state index in [4.69, 9.17) is 17.0 Å². The number of benzene rings is 1. The molecule has 0 spiro atoms. The number of nitrogens with one attached hydrogen (secondary N) is 2. The second-order valence-corrected chi connectivity index (χ2v) is 6.81. The zero-order valence-electron chi connectivity index (χ0n) is 13.8. The highest BCUT2D eigenvalue weighted by molar-refractivity contribution is 7.80. The van der Waals surface area contributed by atoms with Gasteiger partial charge in [0.15, 0.2) is 5.11 Å². The lowest BCUT2D eigenvalue weighted by molar-refractivity contribution is 0.0986. The molecule has 1 aliphatic rings. The minimum Gasteiger partial charge on any atom is -0.497 e. The van der Waals surface area contributed by atoms with Crippen LogP contribution >= 0.6 is 12.2 Å². The van der Waals surface area contributed by atoms with Crippen LogP contribution < -0.4 is 15.4 Å². The fourth-order valence-electron chi connectivity index (χ4n) is 2.78. The van der Waals surface area contributed by atoms with Crippen LogP contribution in [-0.4, -0.2) is 42.3 Å². The molecular formula is C17H27N3OS. The predicted molar refractivity (Wildman–Crippen MR) is 96.7 cm³/mol. The number of hydrogen-bond donors (Lipinski definition) is 2. The Hall–Kier alpha value is -1.33. The Bertz CT molecular complexity index is 498. The van der Waals surface area contributed by atoms with E-state index in [0.29, 0.717) is 5.11 Å². The van der Waals surface area contributed by atoms with E-state index in [1.165, 1.54) is 32.4 Å². The molecule has 1 aromatic carbocycles. The van der Waals surface area contributed by atoms with E-state index in [2.05, 4.69) is 29.4 Å². The average Bonchev–Trinajstić information content (AvgIpc) is 2.54. The van der Waals surface area contributed by atoms with Crippen molar-refractivity contribution in [1.82, 2.24) is 10.2 Å². The summed E-state index contributed by atoms with van der Waals surface area (Å²) in [6.45, 7) is 7.76. The molecule has 1 aliphatic heterocycles. The molecule has 0 unspecified atom stereocenters. The highest BCUT2D eigenvalue weighted by atomic mass is 32.1. The van der Waals surface area contributed by atoms with Crippen LogP contribution in [0, 0.1) is 0 Å². The molecule has 5 heteroatoms. The van der Waals surface area contributed by atoms with Gasteiger partial charge in [-0.1, -0.05) is 12.5 Å². The van der Waals surface area contributed by atoms with Crippen molar-refractivity contribution in [2.24, 2.45) is 0 Å². The number of methoxy groups -OCH3 is 1. The van der Waals surface area contributed by atoms with E-state index in [0.717, 1.165) is 18.0 Å². The summed E-state index contributed by atoms with van der Waals surface area (Å²) in [5, 5.41) is 7.21. The summed E-state index contributed by atoms with van der Waals surface area (Å²) < 4.78 is 5.22. The van der Waals surface area contributed by atoms with Gasteiger partial charge < -0.3 is 15.4 Å². The number of ether oxygens (including phenoxy) is 1. The minimum absolute atomic E-state index is 0.112. The first-order valence-electron chi connectivity index (χ1n) is 7.95. The van der Waals surface area contributed by atoms with Crippen LogP contribution in [0.2, 0.25) is 0 Å². The molecule has 0 amide bonds. The molecule has 2 rings (SSSR count). The first kappa shape index (κ1) is 17.0. The van der Waals surface area contributed by atoms with Crippen molar-refractivity contribution in [3.8, 4) is 5.75 Å². The SMILES string of the molecule is COc1cccc(NC(=S)NCC(C)(C)N2CCCCC2)c1. The lowest BCUT2D eigenvalue weighted by Gasteiger charge is -2.41. The average molecular weight is 321 g/mol. The maximum absolute atomic E-state index is 5.40. The van der Waals surface area contributed by atoms with Crippen LogP contribution in [0.1, 0.15) is 33.1 Å². The second kappa shape index (κ2) is 7.79. The van der Waals surface area contributed by atoms with Crippen molar-refractivity contribution in [2.45, 2.75) is 38.6 Å². The number of anilines is 1. The summed E-state index contributed by atoms with van der Waals surface area (Å²) in [4.78, 5) is 2.55. The van der Waals surface area contributed by atoms with Crippen molar-refractivity contribution >= 4 is 23.0 Å². The van der Waals surface area contributed by atoms with Crippen LogP contribution in [0.15, 0.2) is 24.3 Å². The number of likely N-dealkylation sites (tertiary alicyclic amines) is 1. The van der Waals surface area contributed by atoms with Gasteiger partial charge >= 0.3 is 0 Å². The van der Waals surface area contributed by atoms with Crippen LogP contribution in [0.5, 0.6) is 5.75 Å². The van der Waals surface area contributed by atoms with Gasteiger partial charge in [0.2, 0.25) is 0 Å². The van der Waals surface area contributed by atoms with Gasteiger partial charge in [0.05, 0.1) is 7.11 Å². The molecule has 2 N–H and O–H groups in total. The zero-order valence-corrected chi connectivity index (χ0v) is 14.6. The van der Waals surface area contributed by atoms with Gasteiger partial charge in [-0.05, 0) is 64.1 Å². The van der Waals surface area contributed by atoms with Crippen LogP contribution in [0.3, 0.4) is 0 Å². The van der Waals surface area contributed by atoms with E-state index in [9.17, 15) is 0 Å². The molecule has 1 fully saturated rings. The molecule has 0 aliphatic carbocycles. The molecule has 0 aromatic heterocycles. The Kier molecular flexibility index (Phi) is 6.03. The highest BCUT2D eigenvalue weighted by Gasteiger charge is 2.27. The number of hydrogen-bond acceptors (Lipinski definition) is 3. The molecule has 1 saturated heterocycles. The molecule has 0 saturated carbocycles. The van der Waals surface area contributed by atoms with Gasteiger partial charge in [0.1, 0.15) is 5.75 Å². The summed E-state index contributed by atoms with van der Waals surface area (Å²) >= 11 is 5.40.